The molecule has 8 heteroatoms. The number of nitrogens with zero attached hydrogens (tertiary/aromatic N) is 3. The molecule has 1 N–H and O–H groups in total. The fourth-order valence-electron chi connectivity index (χ4n) is 5.01. The molecule has 1 unspecified atom stereocenters. The fourth-order valence-corrected chi connectivity index (χ4v) is 5.25. The predicted molar refractivity (Wildman–Crippen MR) is 156 cm³/mol. The van der Waals surface area contributed by atoms with E-state index in [1.165, 1.54) is 0 Å². The molecule has 1 atom stereocenters. The summed E-state index contributed by atoms with van der Waals surface area (Å²) < 4.78 is 13.9. The molecule has 7 nitrogen and oxygen atoms in total. The molecule has 0 saturated heterocycles. The molecule has 0 spiro atoms. The molecule has 0 amide bonds. The minimum absolute atomic E-state index is 0.0132. The second-order valence-corrected chi connectivity index (χ2v) is 10.4. The Kier molecular flexibility index (Phi) is 8.72. The average Bonchev–Trinajstić information content (AvgIpc) is 3.30. The van der Waals surface area contributed by atoms with Gasteiger partial charge in [-0.2, -0.15) is 0 Å². The molecule has 40 heavy (non-hydrogen) atoms. The van der Waals surface area contributed by atoms with E-state index in [-0.39, 0.29) is 11.6 Å². The number of benzene rings is 3. The molecule has 0 radical (unpaired) electrons. The number of carboxylic acids is 1. The molecule has 1 aliphatic rings. The predicted octanol–water partition coefficient (Wildman–Crippen LogP) is 7.24. The van der Waals surface area contributed by atoms with E-state index in [2.05, 4.69) is 41.5 Å². The summed E-state index contributed by atoms with van der Waals surface area (Å²) in [5.74, 6) is 1.44. The van der Waals surface area contributed by atoms with E-state index >= 15 is 0 Å². The summed E-state index contributed by atoms with van der Waals surface area (Å²) in [5, 5.41) is 9.85. The lowest BCUT2D eigenvalue weighted by molar-refractivity contribution is 0.0697. The highest BCUT2D eigenvalue weighted by Gasteiger charge is 2.25. The van der Waals surface area contributed by atoms with Gasteiger partial charge in [0.2, 0.25) is 0 Å². The Morgan fingerprint density at radius 1 is 1.02 bits per heavy atom. The van der Waals surface area contributed by atoms with Crippen LogP contribution in [0.3, 0.4) is 0 Å². The largest absolute Gasteiger partial charge is 0.486 e. The number of ether oxygens (including phenoxy) is 2. The van der Waals surface area contributed by atoms with Crippen LogP contribution in [0.2, 0.25) is 5.15 Å². The lowest BCUT2D eigenvalue weighted by Crippen LogP contribution is -2.28. The smallest absolute Gasteiger partial charge is 0.335 e. The molecule has 0 bridgehead atoms. The molecule has 3 aromatic carbocycles. The van der Waals surface area contributed by atoms with Crippen LogP contribution in [0.5, 0.6) is 11.5 Å². The quantitative estimate of drug-likeness (QED) is 0.209. The van der Waals surface area contributed by atoms with Gasteiger partial charge in [-0.05, 0) is 48.7 Å². The van der Waals surface area contributed by atoms with Gasteiger partial charge in [-0.15, -0.1) is 0 Å². The number of unbranched alkanes of at least 4 members (excludes halogenated alkanes) is 1. The average molecular weight is 560 g/mol. The van der Waals surface area contributed by atoms with Crippen LogP contribution < -0.4 is 9.47 Å². The molecular formula is C32H34ClN3O4. The van der Waals surface area contributed by atoms with E-state index in [1.807, 2.05) is 42.5 Å². The van der Waals surface area contributed by atoms with Crippen molar-refractivity contribution in [2.24, 2.45) is 0 Å². The number of hydrogen-bond acceptors (Lipinski definition) is 5. The Hall–Kier alpha value is -3.81. The van der Waals surface area contributed by atoms with Gasteiger partial charge in [-0.25, -0.2) is 9.78 Å². The van der Waals surface area contributed by atoms with Gasteiger partial charge in [0, 0.05) is 31.2 Å². The third-order valence-electron chi connectivity index (χ3n) is 7.33. The molecule has 0 saturated carbocycles. The maximum Gasteiger partial charge on any atom is 0.335 e. The van der Waals surface area contributed by atoms with Gasteiger partial charge in [0.05, 0.1) is 11.3 Å². The number of aromatic carboxylic acids is 1. The van der Waals surface area contributed by atoms with Crippen LogP contribution in [-0.2, 0) is 19.6 Å². The number of halogens is 1. The first-order chi connectivity index (χ1) is 19.4. The summed E-state index contributed by atoms with van der Waals surface area (Å²) in [6.45, 7) is 7.37. The number of rotatable bonds is 11. The lowest BCUT2D eigenvalue weighted by atomic mass is 10.0. The maximum atomic E-state index is 11.4. The summed E-state index contributed by atoms with van der Waals surface area (Å²) in [7, 11) is 0. The van der Waals surface area contributed by atoms with Crippen LogP contribution >= 0.6 is 11.6 Å². The first kappa shape index (κ1) is 27.7. The minimum Gasteiger partial charge on any atom is -0.486 e. The van der Waals surface area contributed by atoms with E-state index in [9.17, 15) is 9.90 Å². The van der Waals surface area contributed by atoms with Crippen molar-refractivity contribution in [3.05, 3.63) is 100 Å². The first-order valence-corrected chi connectivity index (χ1v) is 14.1. The maximum absolute atomic E-state index is 11.4. The Morgan fingerprint density at radius 3 is 2.45 bits per heavy atom. The van der Waals surface area contributed by atoms with E-state index < -0.39 is 5.97 Å². The van der Waals surface area contributed by atoms with Gasteiger partial charge in [-0.1, -0.05) is 73.5 Å². The third-order valence-corrected chi connectivity index (χ3v) is 7.63. The fraction of sp³-hybridized carbons (Fsp3) is 0.312. The van der Waals surface area contributed by atoms with E-state index in [4.69, 9.17) is 26.1 Å². The topological polar surface area (TPSA) is 76.8 Å². The molecule has 208 valence electrons. The summed E-state index contributed by atoms with van der Waals surface area (Å²) in [6.07, 6.45) is 2.06. The second-order valence-electron chi connectivity index (χ2n) is 10.0. The van der Waals surface area contributed by atoms with Gasteiger partial charge in [-0.3, -0.25) is 4.90 Å². The zero-order valence-corrected chi connectivity index (χ0v) is 23.6. The number of carboxylic acid groups (broad SMARTS) is 1. The normalized spacial score (nSPS) is 13.4. The zero-order chi connectivity index (χ0) is 28.1. The molecule has 5 rings (SSSR count). The van der Waals surface area contributed by atoms with Gasteiger partial charge in [0.15, 0.2) is 16.7 Å². The van der Waals surface area contributed by atoms with Crippen LogP contribution in [0.1, 0.15) is 59.9 Å². The molecule has 1 aliphatic heterocycles. The van der Waals surface area contributed by atoms with E-state index in [1.54, 1.807) is 12.1 Å². The van der Waals surface area contributed by atoms with E-state index in [0.717, 1.165) is 59.1 Å². The van der Waals surface area contributed by atoms with Crippen molar-refractivity contribution in [3.63, 3.8) is 0 Å². The van der Waals surface area contributed by atoms with Crippen molar-refractivity contribution in [1.29, 1.82) is 0 Å². The van der Waals surface area contributed by atoms with Crippen molar-refractivity contribution < 1.29 is 19.4 Å². The molecule has 2 heterocycles. The third kappa shape index (κ3) is 6.16. The summed E-state index contributed by atoms with van der Waals surface area (Å²) in [6, 6.07) is 23.3. The number of imidazole rings is 1. The molecule has 0 aliphatic carbocycles. The second kappa shape index (κ2) is 12.6. The zero-order valence-electron chi connectivity index (χ0n) is 22.8. The summed E-state index contributed by atoms with van der Waals surface area (Å²) in [5.41, 5.74) is 4.35. The van der Waals surface area contributed by atoms with Crippen molar-refractivity contribution in [2.75, 3.05) is 13.2 Å². The van der Waals surface area contributed by atoms with Crippen LogP contribution in [0.25, 0.3) is 11.4 Å². The Bertz CT molecular complexity index is 1450. The highest BCUT2D eigenvalue weighted by atomic mass is 35.5. The molecule has 4 aromatic rings. The molecule has 0 fully saturated rings. The van der Waals surface area contributed by atoms with E-state index in [0.29, 0.717) is 31.5 Å². The summed E-state index contributed by atoms with van der Waals surface area (Å²) >= 11 is 6.87. The molecular weight excluding hydrogens is 526 g/mol. The highest BCUT2D eigenvalue weighted by Crippen LogP contribution is 2.36. The van der Waals surface area contributed by atoms with Gasteiger partial charge < -0.3 is 19.1 Å². The number of aromatic nitrogens is 2. The summed E-state index contributed by atoms with van der Waals surface area (Å²) in [4.78, 5) is 18.6. The van der Waals surface area contributed by atoms with Crippen LogP contribution in [-0.4, -0.2) is 38.7 Å². The Balaban J connectivity index is 1.52. The standard InChI is InChI=1S/C32H34ClN3O4/c1-3-4-16-36-27(30(33)34-31(36)24-8-6-5-7-9-24)21-35(20-23-10-12-25(13-11-23)32(37)38)22(2)26-14-15-28-29(19-26)40-18-17-39-28/h5-15,19,22H,3-4,16-18,20-21H2,1-2H3,(H,37,38). The lowest BCUT2D eigenvalue weighted by Gasteiger charge is -2.31. The van der Waals surface area contributed by atoms with Crippen molar-refractivity contribution in [3.8, 4) is 22.9 Å². The minimum atomic E-state index is -0.937. The van der Waals surface area contributed by atoms with Gasteiger partial charge >= 0.3 is 5.97 Å². The van der Waals surface area contributed by atoms with Crippen molar-refractivity contribution >= 4 is 17.6 Å². The van der Waals surface area contributed by atoms with Gasteiger partial charge in [0.25, 0.3) is 0 Å². The SMILES string of the molecule is CCCCn1c(-c2ccccc2)nc(Cl)c1CN(Cc1ccc(C(=O)O)cc1)C(C)c1ccc2c(c1)OCCO2. The van der Waals surface area contributed by atoms with Crippen molar-refractivity contribution in [1.82, 2.24) is 14.5 Å². The number of hydrogen-bond donors (Lipinski definition) is 1. The van der Waals surface area contributed by atoms with Crippen LogP contribution in [0.4, 0.5) is 0 Å². The Morgan fingerprint density at radius 2 is 1.75 bits per heavy atom. The molecule has 1 aromatic heterocycles. The van der Waals surface area contributed by atoms with Crippen LogP contribution in [0.15, 0.2) is 72.8 Å². The van der Waals surface area contributed by atoms with Crippen LogP contribution in [0, 0.1) is 0 Å². The highest BCUT2D eigenvalue weighted by molar-refractivity contribution is 6.30. The van der Waals surface area contributed by atoms with Crippen molar-refractivity contribution in [2.45, 2.75) is 52.4 Å². The monoisotopic (exact) mass is 559 g/mol. The Labute approximate surface area is 239 Å². The number of fused-ring (bicyclic) bond motifs is 1. The first-order valence-electron chi connectivity index (χ1n) is 13.7. The number of carbonyl (C=O) groups is 1. The van der Waals surface area contributed by atoms with Gasteiger partial charge in [0.1, 0.15) is 19.0 Å².